The van der Waals surface area contributed by atoms with Gasteiger partial charge in [-0.25, -0.2) is 0 Å². The van der Waals surface area contributed by atoms with Crippen molar-refractivity contribution in [1.29, 1.82) is 0 Å². The molecule has 0 radical (unpaired) electrons. The molecule has 2 rings (SSSR count). The summed E-state index contributed by atoms with van der Waals surface area (Å²) in [6, 6.07) is 8.13. The van der Waals surface area contributed by atoms with Crippen molar-refractivity contribution < 1.29 is 4.79 Å². The van der Waals surface area contributed by atoms with Gasteiger partial charge in [0.15, 0.2) is 0 Å². The van der Waals surface area contributed by atoms with Crippen LogP contribution in [0.25, 0.3) is 0 Å². The molecule has 0 atom stereocenters. The van der Waals surface area contributed by atoms with Crippen LogP contribution < -0.4 is 5.32 Å². The van der Waals surface area contributed by atoms with Crippen LogP contribution in [-0.2, 0) is 4.79 Å². The van der Waals surface area contributed by atoms with E-state index in [4.69, 9.17) is 0 Å². The van der Waals surface area contributed by atoms with Gasteiger partial charge in [0.1, 0.15) is 0 Å². The minimum absolute atomic E-state index is 0.170. The molecule has 1 fully saturated rings. The minimum Gasteiger partial charge on any atom is -0.326 e. The zero-order valence-corrected chi connectivity index (χ0v) is 12.8. The van der Waals surface area contributed by atoms with E-state index in [1.807, 2.05) is 18.2 Å². The molecule has 1 aromatic rings. The molecule has 20 heavy (non-hydrogen) atoms. The lowest BCUT2D eigenvalue weighted by molar-refractivity contribution is -0.116. The Morgan fingerprint density at radius 1 is 1.20 bits per heavy atom. The summed E-state index contributed by atoms with van der Waals surface area (Å²) in [5.74, 6) is 1.38. The summed E-state index contributed by atoms with van der Waals surface area (Å²) in [7, 11) is 0. The second kappa shape index (κ2) is 7.47. The maximum atomic E-state index is 12.1. The number of rotatable bonds is 5. The normalized spacial score (nSPS) is 16.4. The first-order valence-corrected chi connectivity index (χ1v) is 8.05. The van der Waals surface area contributed by atoms with Crippen molar-refractivity contribution in [3.63, 3.8) is 0 Å². The highest BCUT2D eigenvalue weighted by atomic mass is 16.1. The van der Waals surface area contributed by atoms with Gasteiger partial charge in [0, 0.05) is 12.1 Å². The predicted molar refractivity (Wildman–Crippen MR) is 85.0 cm³/mol. The second-order valence-corrected chi connectivity index (χ2v) is 6.33. The van der Waals surface area contributed by atoms with Crippen molar-refractivity contribution in [2.24, 2.45) is 5.92 Å². The van der Waals surface area contributed by atoms with Crippen LogP contribution >= 0.6 is 0 Å². The number of anilines is 1. The van der Waals surface area contributed by atoms with Crippen molar-refractivity contribution in [1.82, 2.24) is 0 Å². The van der Waals surface area contributed by atoms with E-state index in [0.717, 1.165) is 18.0 Å². The SMILES string of the molecule is CC(C)c1ccccc1NC(=O)CCC1CCCCC1. The number of para-hydroxylation sites is 1. The fourth-order valence-electron chi connectivity index (χ4n) is 3.14. The molecule has 2 heteroatoms. The number of carbonyl (C=O) groups is 1. The molecule has 110 valence electrons. The predicted octanol–water partition coefficient (Wildman–Crippen LogP) is 5.11. The molecule has 1 aromatic carbocycles. The van der Waals surface area contributed by atoms with Crippen LogP contribution in [0.2, 0.25) is 0 Å². The third-order valence-electron chi connectivity index (χ3n) is 4.36. The highest BCUT2D eigenvalue weighted by molar-refractivity contribution is 5.91. The van der Waals surface area contributed by atoms with Crippen molar-refractivity contribution in [3.8, 4) is 0 Å². The number of amides is 1. The molecule has 0 unspecified atom stereocenters. The highest BCUT2D eigenvalue weighted by Gasteiger charge is 2.15. The van der Waals surface area contributed by atoms with Gasteiger partial charge in [-0.1, -0.05) is 64.2 Å². The molecule has 0 aliphatic heterocycles. The molecule has 1 aliphatic rings. The first-order chi connectivity index (χ1) is 9.66. The minimum atomic E-state index is 0.170. The van der Waals surface area contributed by atoms with Crippen molar-refractivity contribution in [3.05, 3.63) is 29.8 Å². The summed E-state index contributed by atoms with van der Waals surface area (Å²) in [5, 5.41) is 3.09. The molecule has 0 bridgehead atoms. The van der Waals surface area contributed by atoms with Crippen molar-refractivity contribution in [2.45, 2.75) is 64.7 Å². The molecule has 0 aromatic heterocycles. The highest BCUT2D eigenvalue weighted by Crippen LogP contribution is 2.28. The topological polar surface area (TPSA) is 29.1 Å². The molecule has 1 N–H and O–H groups in total. The van der Waals surface area contributed by atoms with Crippen LogP contribution in [0.5, 0.6) is 0 Å². The Morgan fingerprint density at radius 2 is 1.90 bits per heavy atom. The average Bonchev–Trinajstić information content (AvgIpc) is 2.46. The summed E-state index contributed by atoms with van der Waals surface area (Å²) in [6.45, 7) is 4.32. The number of carbonyl (C=O) groups excluding carboxylic acids is 1. The second-order valence-electron chi connectivity index (χ2n) is 6.33. The van der Waals surface area contributed by atoms with Gasteiger partial charge in [-0.3, -0.25) is 4.79 Å². The van der Waals surface area contributed by atoms with Crippen LogP contribution in [0.15, 0.2) is 24.3 Å². The molecule has 2 nitrogen and oxygen atoms in total. The van der Waals surface area contributed by atoms with E-state index in [-0.39, 0.29) is 5.91 Å². The smallest absolute Gasteiger partial charge is 0.224 e. The fourth-order valence-corrected chi connectivity index (χ4v) is 3.14. The van der Waals surface area contributed by atoms with Gasteiger partial charge in [-0.05, 0) is 29.9 Å². The average molecular weight is 273 g/mol. The van der Waals surface area contributed by atoms with Gasteiger partial charge in [0.05, 0.1) is 0 Å². The summed E-state index contributed by atoms with van der Waals surface area (Å²) in [4.78, 5) is 12.1. The third-order valence-corrected chi connectivity index (χ3v) is 4.36. The Labute approximate surface area is 123 Å². The van der Waals surface area contributed by atoms with E-state index < -0.39 is 0 Å². The van der Waals surface area contributed by atoms with Gasteiger partial charge in [0.2, 0.25) is 5.91 Å². The summed E-state index contributed by atoms with van der Waals surface area (Å²) < 4.78 is 0. The Kier molecular flexibility index (Phi) is 5.63. The van der Waals surface area contributed by atoms with Crippen molar-refractivity contribution in [2.75, 3.05) is 5.32 Å². The van der Waals surface area contributed by atoms with E-state index >= 15 is 0 Å². The van der Waals surface area contributed by atoms with E-state index in [1.54, 1.807) is 0 Å². The lowest BCUT2D eigenvalue weighted by Crippen LogP contribution is -2.16. The largest absolute Gasteiger partial charge is 0.326 e. The molecule has 0 heterocycles. The van der Waals surface area contributed by atoms with Crippen LogP contribution in [0, 0.1) is 5.92 Å². The molecule has 1 amide bonds. The Hall–Kier alpha value is -1.31. The maximum Gasteiger partial charge on any atom is 0.224 e. The fraction of sp³-hybridized carbons (Fsp3) is 0.611. The van der Waals surface area contributed by atoms with Gasteiger partial charge in [-0.15, -0.1) is 0 Å². The molecular weight excluding hydrogens is 246 g/mol. The summed E-state index contributed by atoms with van der Waals surface area (Å²) in [5.41, 5.74) is 2.20. The number of hydrogen-bond acceptors (Lipinski definition) is 1. The van der Waals surface area contributed by atoms with Crippen LogP contribution in [0.4, 0.5) is 5.69 Å². The quantitative estimate of drug-likeness (QED) is 0.793. The summed E-state index contributed by atoms with van der Waals surface area (Å²) in [6.07, 6.45) is 8.42. The van der Waals surface area contributed by atoms with E-state index in [0.29, 0.717) is 12.3 Å². The van der Waals surface area contributed by atoms with E-state index in [9.17, 15) is 4.79 Å². The maximum absolute atomic E-state index is 12.1. The van der Waals surface area contributed by atoms with Crippen LogP contribution in [0.3, 0.4) is 0 Å². The van der Waals surface area contributed by atoms with Gasteiger partial charge < -0.3 is 5.32 Å². The molecule has 1 aliphatic carbocycles. The Balaban J connectivity index is 1.85. The lowest BCUT2D eigenvalue weighted by Gasteiger charge is -2.21. The van der Waals surface area contributed by atoms with Gasteiger partial charge in [-0.2, -0.15) is 0 Å². The Morgan fingerprint density at radius 3 is 2.60 bits per heavy atom. The van der Waals surface area contributed by atoms with Crippen molar-refractivity contribution >= 4 is 11.6 Å². The van der Waals surface area contributed by atoms with Gasteiger partial charge >= 0.3 is 0 Å². The molecule has 0 saturated heterocycles. The third kappa shape index (κ3) is 4.36. The van der Waals surface area contributed by atoms with E-state index in [1.165, 1.54) is 37.7 Å². The lowest BCUT2D eigenvalue weighted by atomic mass is 9.86. The zero-order chi connectivity index (χ0) is 14.4. The molecule has 1 saturated carbocycles. The number of nitrogens with one attached hydrogen (secondary N) is 1. The molecule has 0 spiro atoms. The zero-order valence-electron chi connectivity index (χ0n) is 12.8. The van der Waals surface area contributed by atoms with Gasteiger partial charge in [0.25, 0.3) is 0 Å². The van der Waals surface area contributed by atoms with Crippen LogP contribution in [-0.4, -0.2) is 5.91 Å². The first-order valence-electron chi connectivity index (χ1n) is 8.05. The number of hydrogen-bond donors (Lipinski definition) is 1. The van der Waals surface area contributed by atoms with E-state index in [2.05, 4.69) is 25.2 Å². The summed E-state index contributed by atoms with van der Waals surface area (Å²) >= 11 is 0. The van der Waals surface area contributed by atoms with Crippen LogP contribution in [0.1, 0.15) is 70.3 Å². The monoisotopic (exact) mass is 273 g/mol. The molecular formula is C18H27NO. The standard InChI is InChI=1S/C18H27NO/c1-14(2)16-10-6-7-11-17(16)19-18(20)13-12-15-8-4-3-5-9-15/h6-7,10-11,14-15H,3-5,8-9,12-13H2,1-2H3,(H,19,20). The number of benzene rings is 1. The Bertz CT molecular complexity index is 433. The first kappa shape index (κ1) is 15.1.